The Morgan fingerprint density at radius 1 is 1.53 bits per heavy atom. The molecule has 2 rings (SSSR count). The lowest BCUT2D eigenvalue weighted by Gasteiger charge is -2.32. The van der Waals surface area contributed by atoms with Gasteiger partial charge in [0.2, 0.25) is 0 Å². The van der Waals surface area contributed by atoms with Gasteiger partial charge in [0, 0.05) is 11.0 Å². The van der Waals surface area contributed by atoms with Gasteiger partial charge in [0.25, 0.3) is 0 Å². The lowest BCUT2D eigenvalue weighted by atomic mass is 9.75. The monoisotopic (exact) mass is 243 g/mol. The first-order valence-electron chi connectivity index (χ1n) is 5.12. The quantitative estimate of drug-likeness (QED) is 0.810. The van der Waals surface area contributed by atoms with Gasteiger partial charge in [0.1, 0.15) is 4.34 Å². The van der Waals surface area contributed by atoms with Gasteiger partial charge in [0.15, 0.2) is 5.78 Å². The molecule has 0 atom stereocenters. The van der Waals surface area contributed by atoms with E-state index in [0.29, 0.717) is 9.90 Å². The number of carbonyl (C=O) groups excluding carboxylic acids is 1. The molecule has 0 unspecified atom stereocenters. The van der Waals surface area contributed by atoms with E-state index >= 15 is 0 Å². The van der Waals surface area contributed by atoms with Crippen molar-refractivity contribution in [3.05, 3.63) is 21.3 Å². The molecule has 1 aliphatic rings. The lowest BCUT2D eigenvalue weighted by molar-refractivity contribution is 0.0763. The number of piperidine rings is 1. The summed E-state index contributed by atoms with van der Waals surface area (Å²) in [6.07, 6.45) is 1.80. The first kappa shape index (κ1) is 11.1. The predicted octanol–water partition coefficient (Wildman–Crippen LogP) is 2.97. The van der Waals surface area contributed by atoms with Crippen molar-refractivity contribution in [2.75, 3.05) is 13.1 Å². The maximum Gasteiger partial charge on any atom is 0.171 e. The number of rotatable bonds is 2. The molecule has 4 heteroatoms. The van der Waals surface area contributed by atoms with Crippen LogP contribution >= 0.6 is 22.9 Å². The molecule has 0 spiro atoms. The molecule has 1 aromatic heterocycles. The maximum atomic E-state index is 12.3. The summed E-state index contributed by atoms with van der Waals surface area (Å²) in [5.41, 5.74) is 0.474. The molecule has 82 valence electrons. The minimum absolute atomic E-state index is 0.204. The molecule has 2 nitrogen and oxygen atoms in total. The highest BCUT2D eigenvalue weighted by atomic mass is 35.5. The second kappa shape index (κ2) is 4.24. The van der Waals surface area contributed by atoms with E-state index in [-0.39, 0.29) is 11.2 Å². The zero-order valence-corrected chi connectivity index (χ0v) is 10.3. The van der Waals surface area contributed by atoms with Crippen molar-refractivity contribution in [1.82, 2.24) is 5.32 Å². The maximum absolute atomic E-state index is 12.3. The normalized spacial score (nSPS) is 20.1. The molecule has 0 amide bonds. The molecule has 15 heavy (non-hydrogen) atoms. The largest absolute Gasteiger partial charge is 0.317 e. The molecule has 1 aromatic rings. The molecule has 2 heterocycles. The summed E-state index contributed by atoms with van der Waals surface area (Å²) < 4.78 is 0.625. The Kier molecular flexibility index (Phi) is 3.14. The van der Waals surface area contributed by atoms with Crippen molar-refractivity contribution in [2.45, 2.75) is 19.8 Å². The minimum atomic E-state index is -0.226. The van der Waals surface area contributed by atoms with Crippen LogP contribution in [-0.2, 0) is 0 Å². The van der Waals surface area contributed by atoms with Crippen LogP contribution in [0.2, 0.25) is 4.34 Å². The average molecular weight is 244 g/mol. The third-order valence-electron chi connectivity index (χ3n) is 3.12. The van der Waals surface area contributed by atoms with Crippen LogP contribution < -0.4 is 5.32 Å². The van der Waals surface area contributed by atoms with E-state index in [1.807, 2.05) is 18.4 Å². The molecule has 1 saturated heterocycles. The van der Waals surface area contributed by atoms with Gasteiger partial charge in [-0.25, -0.2) is 0 Å². The Hall–Kier alpha value is -0.380. The topological polar surface area (TPSA) is 29.1 Å². The van der Waals surface area contributed by atoms with Gasteiger partial charge >= 0.3 is 0 Å². The molecule has 1 N–H and O–H groups in total. The van der Waals surface area contributed by atoms with Crippen LogP contribution in [0.4, 0.5) is 0 Å². The minimum Gasteiger partial charge on any atom is -0.317 e. The van der Waals surface area contributed by atoms with Crippen LogP contribution in [0.25, 0.3) is 0 Å². The standard InChI is InChI=1S/C11H14ClNOS/c1-11(3-5-13-6-4-11)9(14)8-2-7-15-10(8)12/h2,7,13H,3-6H2,1H3. The Balaban J connectivity index is 2.23. The van der Waals surface area contributed by atoms with Crippen molar-refractivity contribution in [3.63, 3.8) is 0 Å². The van der Waals surface area contributed by atoms with Crippen molar-refractivity contribution >= 4 is 28.7 Å². The van der Waals surface area contributed by atoms with Crippen molar-refractivity contribution in [2.24, 2.45) is 5.41 Å². The van der Waals surface area contributed by atoms with Crippen LogP contribution in [0.3, 0.4) is 0 Å². The summed E-state index contributed by atoms with van der Waals surface area (Å²) in [6.45, 7) is 3.89. The summed E-state index contributed by atoms with van der Waals surface area (Å²) in [7, 11) is 0. The summed E-state index contributed by atoms with van der Waals surface area (Å²) in [5, 5.41) is 5.15. The molecular weight excluding hydrogens is 230 g/mol. The van der Waals surface area contributed by atoms with Crippen LogP contribution in [-0.4, -0.2) is 18.9 Å². The van der Waals surface area contributed by atoms with Crippen LogP contribution in [0, 0.1) is 5.41 Å². The summed E-state index contributed by atoms with van der Waals surface area (Å²) in [4.78, 5) is 12.3. The fourth-order valence-electron chi connectivity index (χ4n) is 1.99. The van der Waals surface area contributed by atoms with Crippen molar-refractivity contribution in [3.8, 4) is 0 Å². The van der Waals surface area contributed by atoms with E-state index in [9.17, 15) is 4.79 Å². The molecule has 1 fully saturated rings. The van der Waals surface area contributed by atoms with E-state index in [4.69, 9.17) is 11.6 Å². The highest BCUT2D eigenvalue weighted by Gasteiger charge is 2.36. The summed E-state index contributed by atoms with van der Waals surface area (Å²) in [6, 6.07) is 1.84. The summed E-state index contributed by atoms with van der Waals surface area (Å²) >= 11 is 7.42. The molecule has 1 aliphatic heterocycles. The molecule has 0 saturated carbocycles. The lowest BCUT2D eigenvalue weighted by Crippen LogP contribution is -2.40. The number of nitrogens with one attached hydrogen (secondary N) is 1. The van der Waals surface area contributed by atoms with E-state index < -0.39 is 0 Å². The predicted molar refractivity (Wildman–Crippen MR) is 63.9 cm³/mol. The number of halogens is 1. The average Bonchev–Trinajstić information content (AvgIpc) is 2.64. The van der Waals surface area contributed by atoms with Crippen molar-refractivity contribution in [1.29, 1.82) is 0 Å². The first-order valence-corrected chi connectivity index (χ1v) is 6.38. The second-order valence-corrected chi connectivity index (χ2v) is 5.77. The third kappa shape index (κ3) is 2.10. The molecule has 0 radical (unpaired) electrons. The van der Waals surface area contributed by atoms with Crippen LogP contribution in [0.1, 0.15) is 30.1 Å². The Morgan fingerprint density at radius 2 is 2.20 bits per heavy atom. The Bertz CT molecular complexity index is 368. The van der Waals surface area contributed by atoms with E-state index in [1.54, 1.807) is 0 Å². The number of ketones is 1. The van der Waals surface area contributed by atoms with Crippen LogP contribution in [0.15, 0.2) is 11.4 Å². The number of carbonyl (C=O) groups is 1. The third-order valence-corrected chi connectivity index (χ3v) is 4.29. The van der Waals surface area contributed by atoms with Gasteiger partial charge in [-0.2, -0.15) is 0 Å². The van der Waals surface area contributed by atoms with Crippen LogP contribution in [0.5, 0.6) is 0 Å². The fraction of sp³-hybridized carbons (Fsp3) is 0.545. The van der Waals surface area contributed by atoms with Gasteiger partial charge < -0.3 is 5.32 Å². The van der Waals surface area contributed by atoms with Gasteiger partial charge in [0.05, 0.1) is 0 Å². The molecule has 0 aliphatic carbocycles. The van der Waals surface area contributed by atoms with Gasteiger partial charge in [-0.3, -0.25) is 4.79 Å². The number of hydrogen-bond acceptors (Lipinski definition) is 3. The molecule has 0 aromatic carbocycles. The molecule has 0 bridgehead atoms. The fourth-order valence-corrected chi connectivity index (χ4v) is 2.90. The van der Waals surface area contributed by atoms with Gasteiger partial charge in [-0.15, -0.1) is 11.3 Å². The highest BCUT2D eigenvalue weighted by Crippen LogP contribution is 2.35. The molecular formula is C11H14ClNOS. The zero-order valence-electron chi connectivity index (χ0n) is 8.68. The summed E-state index contributed by atoms with van der Waals surface area (Å²) in [5.74, 6) is 0.204. The smallest absolute Gasteiger partial charge is 0.171 e. The number of thiophene rings is 1. The van der Waals surface area contributed by atoms with E-state index in [2.05, 4.69) is 5.32 Å². The SMILES string of the molecule is CC1(C(=O)c2ccsc2Cl)CCNCC1. The Morgan fingerprint density at radius 3 is 2.73 bits per heavy atom. The zero-order chi connectivity index (χ0) is 10.9. The number of hydrogen-bond donors (Lipinski definition) is 1. The highest BCUT2D eigenvalue weighted by molar-refractivity contribution is 7.14. The second-order valence-electron chi connectivity index (χ2n) is 4.25. The van der Waals surface area contributed by atoms with E-state index in [0.717, 1.165) is 25.9 Å². The first-order chi connectivity index (χ1) is 7.13. The van der Waals surface area contributed by atoms with Gasteiger partial charge in [-0.1, -0.05) is 18.5 Å². The van der Waals surface area contributed by atoms with Gasteiger partial charge in [-0.05, 0) is 37.4 Å². The Labute approximate surface area is 98.6 Å². The van der Waals surface area contributed by atoms with E-state index in [1.165, 1.54) is 11.3 Å². The number of Topliss-reactive ketones (excluding diaryl/α,β-unsaturated/α-hetero) is 1. The van der Waals surface area contributed by atoms with Crippen molar-refractivity contribution < 1.29 is 4.79 Å².